The zero-order valence-electron chi connectivity index (χ0n) is 6.58. The van der Waals surface area contributed by atoms with Crippen molar-refractivity contribution in [3.05, 3.63) is 30.1 Å². The van der Waals surface area contributed by atoms with E-state index < -0.39 is 0 Å². The summed E-state index contributed by atoms with van der Waals surface area (Å²) in [6.45, 7) is 0. The first-order chi connectivity index (χ1) is 5.86. The molecule has 1 N–H and O–H groups in total. The van der Waals surface area contributed by atoms with Crippen molar-refractivity contribution in [1.29, 1.82) is 0 Å². The highest BCUT2D eigenvalue weighted by atomic mass is 16.1. The van der Waals surface area contributed by atoms with Crippen molar-refractivity contribution in [2.75, 3.05) is 0 Å². The van der Waals surface area contributed by atoms with Crippen LogP contribution in [0.4, 0.5) is 0 Å². The molecule has 1 aliphatic rings. The Morgan fingerprint density at radius 3 is 3.08 bits per heavy atom. The van der Waals surface area contributed by atoms with Gasteiger partial charge in [-0.15, -0.1) is 0 Å². The van der Waals surface area contributed by atoms with E-state index in [0.717, 1.165) is 12.8 Å². The van der Waals surface area contributed by atoms with Gasteiger partial charge in [0.1, 0.15) is 0 Å². The Hall–Kier alpha value is -1.38. The molecule has 1 aromatic heterocycles. The third-order valence-electron chi connectivity index (χ3n) is 1.79. The van der Waals surface area contributed by atoms with Crippen molar-refractivity contribution >= 4 is 5.91 Å². The highest BCUT2D eigenvalue weighted by Crippen LogP contribution is 2.19. The zero-order valence-corrected chi connectivity index (χ0v) is 6.58. The Balaban J connectivity index is 2.03. The van der Waals surface area contributed by atoms with Crippen molar-refractivity contribution in [2.24, 2.45) is 0 Å². The molecule has 12 heavy (non-hydrogen) atoms. The summed E-state index contributed by atoms with van der Waals surface area (Å²) in [5, 5.41) is 2.88. The van der Waals surface area contributed by atoms with E-state index in [4.69, 9.17) is 0 Å². The first kappa shape index (κ1) is 7.28. The van der Waals surface area contributed by atoms with Crippen molar-refractivity contribution in [3.8, 4) is 0 Å². The molecule has 1 amide bonds. The molecule has 1 aromatic rings. The standard InChI is InChI=1S/C9H9N2O/c12-9(11-8-3-4-8)7-2-1-5-10-6-7/h1-2,6,8H,3-4H2,(H,11,12). The first-order valence-corrected chi connectivity index (χ1v) is 3.99. The van der Waals surface area contributed by atoms with Crippen LogP contribution < -0.4 is 5.32 Å². The second-order valence-corrected chi connectivity index (χ2v) is 2.92. The maximum Gasteiger partial charge on any atom is 0.253 e. The summed E-state index contributed by atoms with van der Waals surface area (Å²) in [4.78, 5) is 15.1. The van der Waals surface area contributed by atoms with Gasteiger partial charge in [-0.2, -0.15) is 0 Å². The van der Waals surface area contributed by atoms with Crippen LogP contribution in [0.2, 0.25) is 0 Å². The van der Waals surface area contributed by atoms with E-state index in [-0.39, 0.29) is 5.91 Å². The van der Waals surface area contributed by atoms with Gasteiger partial charge in [-0.3, -0.25) is 9.78 Å². The monoisotopic (exact) mass is 161 g/mol. The molecule has 0 bridgehead atoms. The molecular weight excluding hydrogens is 152 g/mol. The van der Waals surface area contributed by atoms with E-state index in [0.29, 0.717) is 11.6 Å². The Morgan fingerprint density at radius 2 is 2.50 bits per heavy atom. The van der Waals surface area contributed by atoms with Crippen LogP contribution in [-0.4, -0.2) is 16.9 Å². The SMILES string of the molecule is O=C(NC1CC1)c1cc[c]nc1. The molecular formula is C9H9N2O. The molecule has 0 unspecified atom stereocenters. The summed E-state index contributed by atoms with van der Waals surface area (Å²) in [5.41, 5.74) is 0.612. The van der Waals surface area contributed by atoms with Gasteiger partial charge in [0, 0.05) is 12.2 Å². The van der Waals surface area contributed by atoms with E-state index >= 15 is 0 Å². The highest BCUT2D eigenvalue weighted by Gasteiger charge is 2.23. The number of carbonyl (C=O) groups is 1. The quantitative estimate of drug-likeness (QED) is 0.696. The molecule has 2 rings (SSSR count). The third kappa shape index (κ3) is 1.61. The molecule has 61 valence electrons. The fourth-order valence-electron chi connectivity index (χ4n) is 0.951. The summed E-state index contributed by atoms with van der Waals surface area (Å²) in [5.74, 6) is -0.0287. The lowest BCUT2D eigenvalue weighted by Crippen LogP contribution is -2.25. The number of rotatable bonds is 2. The van der Waals surface area contributed by atoms with Crippen LogP contribution in [0.1, 0.15) is 23.2 Å². The second kappa shape index (κ2) is 2.93. The highest BCUT2D eigenvalue weighted by molar-refractivity contribution is 5.94. The molecule has 0 aliphatic heterocycles. The van der Waals surface area contributed by atoms with Gasteiger partial charge in [-0.25, -0.2) is 0 Å². The minimum Gasteiger partial charge on any atom is -0.349 e. The van der Waals surface area contributed by atoms with Crippen LogP contribution in [0.15, 0.2) is 18.3 Å². The Labute approximate surface area is 70.8 Å². The zero-order chi connectivity index (χ0) is 8.39. The van der Waals surface area contributed by atoms with Crippen LogP contribution in [0.5, 0.6) is 0 Å². The van der Waals surface area contributed by atoms with Gasteiger partial charge in [-0.1, -0.05) is 0 Å². The molecule has 1 fully saturated rings. The molecule has 1 aliphatic carbocycles. The number of nitrogens with zero attached hydrogens (tertiary/aromatic N) is 1. The molecule has 3 heteroatoms. The summed E-state index contributed by atoms with van der Waals surface area (Å²) < 4.78 is 0. The smallest absolute Gasteiger partial charge is 0.253 e. The van der Waals surface area contributed by atoms with Gasteiger partial charge < -0.3 is 5.32 Å². The number of aromatic nitrogens is 1. The molecule has 1 radical (unpaired) electrons. The van der Waals surface area contributed by atoms with Crippen LogP contribution in [0.3, 0.4) is 0 Å². The van der Waals surface area contributed by atoms with Gasteiger partial charge in [0.15, 0.2) is 0 Å². The number of hydrogen-bond donors (Lipinski definition) is 1. The molecule has 0 spiro atoms. The molecule has 0 atom stereocenters. The number of nitrogens with one attached hydrogen (secondary N) is 1. The van der Waals surface area contributed by atoms with Crippen LogP contribution in [-0.2, 0) is 0 Å². The lowest BCUT2D eigenvalue weighted by molar-refractivity contribution is 0.0950. The number of carbonyl (C=O) groups excluding carboxylic acids is 1. The van der Waals surface area contributed by atoms with E-state index in [9.17, 15) is 4.79 Å². The first-order valence-electron chi connectivity index (χ1n) is 3.99. The topological polar surface area (TPSA) is 42.0 Å². The van der Waals surface area contributed by atoms with Crippen molar-refractivity contribution in [3.63, 3.8) is 0 Å². The van der Waals surface area contributed by atoms with Gasteiger partial charge in [0.2, 0.25) is 0 Å². The molecule has 3 nitrogen and oxygen atoms in total. The third-order valence-corrected chi connectivity index (χ3v) is 1.79. The van der Waals surface area contributed by atoms with Crippen LogP contribution in [0, 0.1) is 6.20 Å². The lowest BCUT2D eigenvalue weighted by Gasteiger charge is -2.00. The Kier molecular flexibility index (Phi) is 1.78. The van der Waals surface area contributed by atoms with Crippen LogP contribution >= 0.6 is 0 Å². The molecule has 1 saturated carbocycles. The summed E-state index contributed by atoms with van der Waals surface area (Å²) in [6, 6.07) is 3.76. The molecule has 0 aromatic carbocycles. The minimum absolute atomic E-state index is 0.0287. The van der Waals surface area contributed by atoms with Crippen molar-refractivity contribution < 1.29 is 4.79 Å². The average Bonchev–Trinajstić information content (AvgIpc) is 2.90. The van der Waals surface area contributed by atoms with Gasteiger partial charge in [0.25, 0.3) is 5.91 Å². The van der Waals surface area contributed by atoms with Gasteiger partial charge in [0.05, 0.1) is 11.8 Å². The largest absolute Gasteiger partial charge is 0.349 e. The number of amides is 1. The maximum atomic E-state index is 11.3. The van der Waals surface area contributed by atoms with Crippen molar-refractivity contribution in [1.82, 2.24) is 10.3 Å². The maximum absolute atomic E-state index is 11.3. The fourth-order valence-corrected chi connectivity index (χ4v) is 0.951. The normalized spacial score (nSPS) is 15.7. The number of hydrogen-bond acceptors (Lipinski definition) is 2. The Bertz CT molecular complexity index is 280. The molecule has 1 heterocycles. The van der Waals surface area contributed by atoms with Gasteiger partial charge >= 0.3 is 0 Å². The number of pyridine rings is 1. The van der Waals surface area contributed by atoms with E-state index in [1.54, 1.807) is 12.1 Å². The second-order valence-electron chi connectivity index (χ2n) is 2.92. The summed E-state index contributed by atoms with van der Waals surface area (Å²) in [7, 11) is 0. The molecule has 0 saturated heterocycles. The average molecular weight is 161 g/mol. The van der Waals surface area contributed by atoms with E-state index in [1.165, 1.54) is 6.20 Å². The summed E-state index contributed by atoms with van der Waals surface area (Å²) >= 11 is 0. The van der Waals surface area contributed by atoms with Crippen LogP contribution in [0.25, 0.3) is 0 Å². The van der Waals surface area contributed by atoms with Gasteiger partial charge in [-0.05, 0) is 25.0 Å². The fraction of sp³-hybridized carbons (Fsp3) is 0.333. The predicted octanol–water partition coefficient (Wildman–Crippen LogP) is 0.774. The Morgan fingerprint density at radius 1 is 1.67 bits per heavy atom. The predicted molar refractivity (Wildman–Crippen MR) is 43.6 cm³/mol. The summed E-state index contributed by atoms with van der Waals surface area (Å²) in [6.07, 6.45) is 6.37. The van der Waals surface area contributed by atoms with E-state index in [1.807, 2.05) is 0 Å². The van der Waals surface area contributed by atoms with Crippen molar-refractivity contribution in [2.45, 2.75) is 18.9 Å². The van der Waals surface area contributed by atoms with E-state index in [2.05, 4.69) is 16.5 Å². The minimum atomic E-state index is -0.0287. The lowest BCUT2D eigenvalue weighted by atomic mass is 10.3.